The second kappa shape index (κ2) is 16.7. The number of hydrogen-bond donors (Lipinski definition) is 1. The molecule has 144 valence electrons. The zero-order valence-electron chi connectivity index (χ0n) is 16.1. The van der Waals surface area contributed by atoms with E-state index >= 15 is 0 Å². The van der Waals surface area contributed by atoms with Crippen molar-refractivity contribution in [3.05, 3.63) is 0 Å². The van der Waals surface area contributed by atoms with Crippen molar-refractivity contribution >= 4 is 11.8 Å². The highest BCUT2D eigenvalue weighted by Gasteiger charge is 2.28. The van der Waals surface area contributed by atoms with Crippen LogP contribution in [0.15, 0.2) is 0 Å². The lowest BCUT2D eigenvalue weighted by molar-refractivity contribution is 0.124. The largest absolute Gasteiger partial charge is 0.395 e. The molecule has 1 rings (SSSR count). The minimum Gasteiger partial charge on any atom is -0.395 e. The lowest BCUT2D eigenvalue weighted by Gasteiger charge is -2.33. The molecule has 0 amide bonds. The third kappa shape index (κ3) is 12.6. The molecule has 1 aliphatic rings. The molecule has 2 atom stereocenters. The SMILES string of the molecule is CCCCCCCCCCCCCCCCOC[C@@H]1C[C@@H](CO)S1. The predicted octanol–water partition coefficient (Wildman–Crippen LogP) is 6.35. The van der Waals surface area contributed by atoms with Gasteiger partial charge in [0.1, 0.15) is 0 Å². The van der Waals surface area contributed by atoms with Crippen LogP contribution < -0.4 is 0 Å². The smallest absolute Gasteiger partial charge is 0.0585 e. The highest BCUT2D eigenvalue weighted by molar-refractivity contribution is 8.01. The number of thioether (sulfide) groups is 1. The zero-order valence-corrected chi connectivity index (χ0v) is 17.0. The molecular formula is C21H42O2S. The van der Waals surface area contributed by atoms with Crippen LogP contribution in [-0.4, -0.2) is 35.4 Å². The van der Waals surface area contributed by atoms with Crippen LogP contribution in [0.5, 0.6) is 0 Å². The van der Waals surface area contributed by atoms with E-state index in [-0.39, 0.29) is 0 Å². The number of hydrogen-bond acceptors (Lipinski definition) is 3. The van der Waals surface area contributed by atoms with E-state index in [1.165, 1.54) is 89.9 Å². The predicted molar refractivity (Wildman–Crippen MR) is 108 cm³/mol. The Labute approximate surface area is 155 Å². The van der Waals surface area contributed by atoms with E-state index in [9.17, 15) is 0 Å². The quantitative estimate of drug-likeness (QED) is 0.289. The Kier molecular flexibility index (Phi) is 15.5. The van der Waals surface area contributed by atoms with Gasteiger partial charge in [-0.1, -0.05) is 90.4 Å². The fraction of sp³-hybridized carbons (Fsp3) is 1.00. The third-order valence-corrected chi connectivity index (χ3v) is 6.50. The molecule has 24 heavy (non-hydrogen) atoms. The van der Waals surface area contributed by atoms with Gasteiger partial charge < -0.3 is 9.84 Å². The molecule has 1 saturated heterocycles. The van der Waals surface area contributed by atoms with Crippen molar-refractivity contribution in [1.82, 2.24) is 0 Å². The summed E-state index contributed by atoms with van der Waals surface area (Å²) < 4.78 is 5.73. The van der Waals surface area contributed by atoms with E-state index in [2.05, 4.69) is 6.92 Å². The molecule has 0 aromatic heterocycles. The Morgan fingerprint density at radius 1 is 0.750 bits per heavy atom. The monoisotopic (exact) mass is 358 g/mol. The Morgan fingerprint density at radius 2 is 1.21 bits per heavy atom. The number of unbranched alkanes of at least 4 members (excludes halogenated alkanes) is 13. The molecule has 0 aliphatic carbocycles. The van der Waals surface area contributed by atoms with Gasteiger partial charge in [-0.3, -0.25) is 0 Å². The Bertz CT molecular complexity index is 254. The van der Waals surface area contributed by atoms with E-state index in [1.807, 2.05) is 11.8 Å². The van der Waals surface area contributed by atoms with Gasteiger partial charge in [0.15, 0.2) is 0 Å². The summed E-state index contributed by atoms with van der Waals surface area (Å²) in [5.74, 6) is 0. The first-order chi connectivity index (χ1) is 11.9. The molecule has 0 bridgehead atoms. The fourth-order valence-electron chi connectivity index (χ4n) is 3.39. The van der Waals surface area contributed by atoms with Gasteiger partial charge in [0.2, 0.25) is 0 Å². The van der Waals surface area contributed by atoms with Crippen LogP contribution in [0.4, 0.5) is 0 Å². The molecule has 1 heterocycles. The van der Waals surface area contributed by atoms with E-state index in [0.717, 1.165) is 19.6 Å². The van der Waals surface area contributed by atoms with E-state index in [4.69, 9.17) is 9.84 Å². The molecular weight excluding hydrogens is 316 g/mol. The third-order valence-electron chi connectivity index (χ3n) is 5.06. The lowest BCUT2D eigenvalue weighted by Crippen LogP contribution is -2.32. The van der Waals surface area contributed by atoms with E-state index in [1.54, 1.807) is 0 Å². The second-order valence-electron chi connectivity index (χ2n) is 7.47. The number of rotatable bonds is 18. The van der Waals surface area contributed by atoms with Gasteiger partial charge in [-0.15, -0.1) is 0 Å². The molecule has 1 fully saturated rings. The average Bonchev–Trinajstić information content (AvgIpc) is 2.56. The summed E-state index contributed by atoms with van der Waals surface area (Å²) in [6.07, 6.45) is 20.9. The summed E-state index contributed by atoms with van der Waals surface area (Å²) in [6, 6.07) is 0. The van der Waals surface area contributed by atoms with Crippen LogP contribution in [0, 0.1) is 0 Å². The van der Waals surface area contributed by atoms with E-state index in [0.29, 0.717) is 17.1 Å². The average molecular weight is 359 g/mol. The Morgan fingerprint density at radius 3 is 1.67 bits per heavy atom. The highest BCUT2D eigenvalue weighted by atomic mass is 32.2. The molecule has 0 aromatic carbocycles. The minimum absolute atomic E-state index is 0.333. The zero-order chi connectivity index (χ0) is 17.3. The standard InChI is InChI=1S/C21H42O2S/c1-2-3-4-5-6-7-8-9-10-11-12-13-14-15-16-23-19-21-17-20(18-22)24-21/h20-22H,2-19H2,1H3/t20-,21-/m0/s1. The maximum absolute atomic E-state index is 8.95. The number of ether oxygens (including phenoxy) is 1. The van der Waals surface area contributed by atoms with Crippen molar-refractivity contribution in [3.63, 3.8) is 0 Å². The Hall–Kier alpha value is 0.270. The molecule has 3 heteroatoms. The summed E-state index contributed by atoms with van der Waals surface area (Å²) in [7, 11) is 0. The van der Waals surface area contributed by atoms with Crippen molar-refractivity contribution in [3.8, 4) is 0 Å². The summed E-state index contributed by atoms with van der Waals surface area (Å²) in [6.45, 7) is 4.44. The van der Waals surface area contributed by atoms with Crippen LogP contribution in [0.3, 0.4) is 0 Å². The molecule has 1 aliphatic heterocycles. The van der Waals surface area contributed by atoms with Gasteiger partial charge >= 0.3 is 0 Å². The maximum Gasteiger partial charge on any atom is 0.0585 e. The van der Waals surface area contributed by atoms with Crippen LogP contribution in [-0.2, 0) is 4.74 Å². The summed E-state index contributed by atoms with van der Waals surface area (Å²) in [5, 5.41) is 10.1. The summed E-state index contributed by atoms with van der Waals surface area (Å²) in [5.41, 5.74) is 0. The van der Waals surface area contributed by atoms with Crippen LogP contribution in [0.2, 0.25) is 0 Å². The molecule has 1 N–H and O–H groups in total. The lowest BCUT2D eigenvalue weighted by atomic mass is 10.0. The van der Waals surface area contributed by atoms with Crippen molar-refractivity contribution < 1.29 is 9.84 Å². The van der Waals surface area contributed by atoms with Crippen molar-refractivity contribution in [2.75, 3.05) is 19.8 Å². The molecule has 0 aromatic rings. The van der Waals surface area contributed by atoms with Gasteiger partial charge in [0, 0.05) is 17.1 Å². The van der Waals surface area contributed by atoms with Gasteiger partial charge in [0.25, 0.3) is 0 Å². The highest BCUT2D eigenvalue weighted by Crippen LogP contribution is 2.36. The van der Waals surface area contributed by atoms with Crippen molar-refractivity contribution in [1.29, 1.82) is 0 Å². The maximum atomic E-state index is 8.95. The first kappa shape index (κ1) is 22.3. The molecule has 2 nitrogen and oxygen atoms in total. The fourth-order valence-corrected chi connectivity index (χ4v) is 4.53. The Balaban J connectivity index is 1.64. The van der Waals surface area contributed by atoms with Gasteiger partial charge in [-0.25, -0.2) is 0 Å². The van der Waals surface area contributed by atoms with Crippen LogP contribution in [0.1, 0.15) is 103 Å². The van der Waals surface area contributed by atoms with Gasteiger partial charge in [0.05, 0.1) is 13.2 Å². The minimum atomic E-state index is 0.333. The molecule has 0 unspecified atom stereocenters. The first-order valence-electron chi connectivity index (χ1n) is 10.7. The molecule has 0 saturated carbocycles. The molecule has 0 radical (unpaired) electrons. The van der Waals surface area contributed by atoms with Crippen molar-refractivity contribution in [2.45, 2.75) is 114 Å². The van der Waals surface area contributed by atoms with Crippen LogP contribution >= 0.6 is 11.8 Å². The first-order valence-corrected chi connectivity index (χ1v) is 11.6. The second-order valence-corrected chi connectivity index (χ2v) is 9.07. The van der Waals surface area contributed by atoms with Crippen LogP contribution in [0.25, 0.3) is 0 Å². The summed E-state index contributed by atoms with van der Waals surface area (Å²) in [4.78, 5) is 0. The number of aliphatic hydroxyl groups is 1. The topological polar surface area (TPSA) is 29.5 Å². The van der Waals surface area contributed by atoms with E-state index < -0.39 is 0 Å². The number of aliphatic hydroxyl groups excluding tert-OH is 1. The molecule has 0 spiro atoms. The van der Waals surface area contributed by atoms with Gasteiger partial charge in [-0.05, 0) is 12.8 Å². The normalized spacial score (nSPS) is 20.2. The van der Waals surface area contributed by atoms with Crippen molar-refractivity contribution in [2.24, 2.45) is 0 Å². The van der Waals surface area contributed by atoms with Gasteiger partial charge in [-0.2, -0.15) is 11.8 Å². The summed E-state index contributed by atoms with van der Waals surface area (Å²) >= 11 is 1.89.